The van der Waals surface area contributed by atoms with Crippen molar-refractivity contribution in [2.24, 2.45) is 0 Å². The highest BCUT2D eigenvalue weighted by atomic mass is 32.1. The number of carbonyl (C=O) groups excluding carboxylic acids is 1. The summed E-state index contributed by atoms with van der Waals surface area (Å²) in [5.41, 5.74) is 2.06. The van der Waals surface area contributed by atoms with Crippen molar-refractivity contribution in [2.75, 3.05) is 6.54 Å². The molecule has 0 saturated heterocycles. The Morgan fingerprint density at radius 3 is 2.91 bits per heavy atom. The Kier molecular flexibility index (Phi) is 4.55. The van der Waals surface area contributed by atoms with E-state index in [1.54, 1.807) is 41.9 Å². The second kappa shape index (κ2) is 6.95. The van der Waals surface area contributed by atoms with E-state index in [0.717, 1.165) is 11.3 Å². The second-order valence-corrected chi connectivity index (χ2v) is 5.81. The average molecular weight is 322 g/mol. The van der Waals surface area contributed by atoms with Crippen molar-refractivity contribution in [1.29, 1.82) is 5.26 Å². The molecule has 2 aromatic heterocycles. The van der Waals surface area contributed by atoms with Crippen LogP contribution >= 0.6 is 11.3 Å². The van der Waals surface area contributed by atoms with Gasteiger partial charge in [-0.3, -0.25) is 4.79 Å². The molecule has 4 nitrogen and oxygen atoms in total. The van der Waals surface area contributed by atoms with Gasteiger partial charge in [0.25, 0.3) is 5.91 Å². The molecule has 1 N–H and O–H groups in total. The van der Waals surface area contributed by atoms with E-state index in [0.29, 0.717) is 17.7 Å². The number of nitrogens with one attached hydrogen (secondary N) is 1. The Morgan fingerprint density at radius 1 is 1.30 bits per heavy atom. The highest BCUT2D eigenvalue weighted by molar-refractivity contribution is 7.08. The first-order valence-corrected chi connectivity index (χ1v) is 8.06. The SMILES string of the molecule is N#Cc1cccc(C(=O)NCC(c2ccsc2)c2ccco2)c1. The zero-order valence-corrected chi connectivity index (χ0v) is 13.0. The Morgan fingerprint density at radius 2 is 2.22 bits per heavy atom. The zero-order chi connectivity index (χ0) is 16.1. The van der Waals surface area contributed by atoms with E-state index in [1.807, 2.05) is 29.6 Å². The minimum absolute atomic E-state index is 0.0284. The lowest BCUT2D eigenvalue weighted by atomic mass is 9.99. The highest BCUT2D eigenvalue weighted by Gasteiger charge is 2.19. The molecule has 1 aromatic carbocycles. The topological polar surface area (TPSA) is 66.0 Å². The third-order valence-corrected chi connectivity index (χ3v) is 4.25. The first-order valence-electron chi connectivity index (χ1n) is 7.12. The zero-order valence-electron chi connectivity index (χ0n) is 12.2. The molecule has 1 atom stereocenters. The third-order valence-electron chi connectivity index (χ3n) is 3.55. The first kappa shape index (κ1) is 15.1. The molecule has 0 aliphatic rings. The van der Waals surface area contributed by atoms with Gasteiger partial charge in [-0.2, -0.15) is 16.6 Å². The van der Waals surface area contributed by atoms with Gasteiger partial charge in [0.15, 0.2) is 0 Å². The summed E-state index contributed by atoms with van der Waals surface area (Å²) in [4.78, 5) is 12.3. The van der Waals surface area contributed by atoms with E-state index >= 15 is 0 Å². The number of nitrogens with zero attached hydrogens (tertiary/aromatic N) is 1. The highest BCUT2D eigenvalue weighted by Crippen LogP contribution is 2.26. The van der Waals surface area contributed by atoms with Gasteiger partial charge in [0.2, 0.25) is 0 Å². The quantitative estimate of drug-likeness (QED) is 0.777. The predicted molar refractivity (Wildman–Crippen MR) is 88.4 cm³/mol. The van der Waals surface area contributed by atoms with Crippen LogP contribution in [0.15, 0.2) is 63.9 Å². The van der Waals surface area contributed by atoms with Crippen molar-refractivity contribution in [3.05, 3.63) is 81.9 Å². The molecule has 0 bridgehead atoms. The van der Waals surface area contributed by atoms with Gasteiger partial charge in [-0.1, -0.05) is 6.07 Å². The van der Waals surface area contributed by atoms with Crippen molar-refractivity contribution in [3.8, 4) is 6.07 Å². The molecule has 1 unspecified atom stereocenters. The van der Waals surface area contributed by atoms with E-state index in [4.69, 9.17) is 9.68 Å². The molecular formula is C18H14N2O2S. The van der Waals surface area contributed by atoms with Crippen LogP contribution in [-0.2, 0) is 0 Å². The Balaban J connectivity index is 1.74. The summed E-state index contributed by atoms with van der Waals surface area (Å²) in [6, 6.07) is 14.5. The number of furan rings is 1. The van der Waals surface area contributed by atoms with E-state index < -0.39 is 0 Å². The van der Waals surface area contributed by atoms with E-state index in [9.17, 15) is 4.79 Å². The summed E-state index contributed by atoms with van der Waals surface area (Å²) in [7, 11) is 0. The number of thiophene rings is 1. The first-order chi connectivity index (χ1) is 11.3. The van der Waals surface area contributed by atoms with Gasteiger partial charge in [0.1, 0.15) is 5.76 Å². The van der Waals surface area contributed by atoms with Crippen molar-refractivity contribution in [3.63, 3.8) is 0 Å². The molecule has 0 spiro atoms. The minimum Gasteiger partial charge on any atom is -0.469 e. The molecule has 2 heterocycles. The van der Waals surface area contributed by atoms with Crippen LogP contribution < -0.4 is 5.32 Å². The molecule has 0 saturated carbocycles. The minimum atomic E-state index is -0.200. The lowest BCUT2D eigenvalue weighted by Crippen LogP contribution is -2.28. The number of nitriles is 1. The van der Waals surface area contributed by atoms with E-state index in [-0.39, 0.29) is 11.8 Å². The molecule has 0 radical (unpaired) electrons. The standard InChI is InChI=1S/C18H14N2O2S/c19-10-13-3-1-4-14(9-13)18(21)20-11-16(15-6-8-23-12-15)17-5-2-7-22-17/h1-9,12,16H,11H2,(H,20,21). The van der Waals surface area contributed by atoms with Crippen molar-refractivity contribution < 1.29 is 9.21 Å². The summed E-state index contributed by atoms with van der Waals surface area (Å²) in [6.45, 7) is 0.430. The maximum absolute atomic E-state index is 12.3. The summed E-state index contributed by atoms with van der Waals surface area (Å²) in [6.07, 6.45) is 1.63. The molecule has 23 heavy (non-hydrogen) atoms. The van der Waals surface area contributed by atoms with E-state index in [1.165, 1.54) is 0 Å². The van der Waals surface area contributed by atoms with Crippen LogP contribution in [-0.4, -0.2) is 12.5 Å². The van der Waals surface area contributed by atoms with Crippen LogP contribution in [0.3, 0.4) is 0 Å². The summed E-state index contributed by atoms with van der Waals surface area (Å²) >= 11 is 1.61. The number of amides is 1. The molecule has 3 aromatic rings. The lowest BCUT2D eigenvalue weighted by molar-refractivity contribution is 0.0952. The van der Waals surface area contributed by atoms with Gasteiger partial charge in [-0.05, 0) is 52.7 Å². The molecule has 5 heteroatoms. The van der Waals surface area contributed by atoms with Crippen LogP contribution in [0.1, 0.15) is 33.2 Å². The molecule has 0 aliphatic carbocycles. The molecule has 114 valence electrons. The largest absolute Gasteiger partial charge is 0.469 e. The Bertz CT molecular complexity index is 783. The van der Waals surface area contributed by atoms with Crippen molar-refractivity contribution >= 4 is 17.2 Å². The Labute approximate surface area is 138 Å². The maximum atomic E-state index is 12.3. The number of hydrogen-bond acceptors (Lipinski definition) is 4. The van der Waals surface area contributed by atoms with Gasteiger partial charge in [-0.15, -0.1) is 0 Å². The van der Waals surface area contributed by atoms with Crippen LogP contribution in [0.4, 0.5) is 0 Å². The fourth-order valence-corrected chi connectivity index (χ4v) is 3.09. The summed E-state index contributed by atoms with van der Waals surface area (Å²) in [5.74, 6) is 0.586. The number of hydrogen-bond donors (Lipinski definition) is 1. The second-order valence-electron chi connectivity index (χ2n) is 5.03. The summed E-state index contributed by atoms with van der Waals surface area (Å²) < 4.78 is 5.50. The van der Waals surface area contributed by atoms with Gasteiger partial charge in [0.05, 0.1) is 23.8 Å². The van der Waals surface area contributed by atoms with Gasteiger partial charge < -0.3 is 9.73 Å². The lowest BCUT2D eigenvalue weighted by Gasteiger charge is -2.14. The Hall–Kier alpha value is -2.84. The van der Waals surface area contributed by atoms with Crippen molar-refractivity contribution in [2.45, 2.75) is 5.92 Å². The fourth-order valence-electron chi connectivity index (χ4n) is 2.37. The van der Waals surface area contributed by atoms with Gasteiger partial charge in [0, 0.05) is 12.1 Å². The molecule has 1 amide bonds. The smallest absolute Gasteiger partial charge is 0.251 e. The van der Waals surface area contributed by atoms with Crippen LogP contribution in [0.5, 0.6) is 0 Å². The maximum Gasteiger partial charge on any atom is 0.251 e. The monoisotopic (exact) mass is 322 g/mol. The third kappa shape index (κ3) is 3.50. The number of rotatable bonds is 5. The van der Waals surface area contributed by atoms with Gasteiger partial charge >= 0.3 is 0 Å². The van der Waals surface area contributed by atoms with Crippen molar-refractivity contribution in [1.82, 2.24) is 5.32 Å². The summed E-state index contributed by atoms with van der Waals surface area (Å²) in [5, 5.41) is 15.9. The van der Waals surface area contributed by atoms with Crippen LogP contribution in [0.25, 0.3) is 0 Å². The fraction of sp³-hybridized carbons (Fsp3) is 0.111. The van der Waals surface area contributed by atoms with Crippen LogP contribution in [0.2, 0.25) is 0 Å². The average Bonchev–Trinajstić information content (AvgIpc) is 3.29. The molecule has 0 aliphatic heterocycles. The molecule has 3 rings (SSSR count). The number of benzene rings is 1. The predicted octanol–water partition coefficient (Wildman–Crippen LogP) is 3.77. The normalized spacial score (nSPS) is 11.6. The number of carbonyl (C=O) groups is 1. The molecular weight excluding hydrogens is 308 g/mol. The van der Waals surface area contributed by atoms with Crippen LogP contribution in [0, 0.1) is 11.3 Å². The molecule has 0 fully saturated rings. The van der Waals surface area contributed by atoms with Gasteiger partial charge in [-0.25, -0.2) is 0 Å². The van der Waals surface area contributed by atoms with E-state index in [2.05, 4.69) is 10.7 Å².